The van der Waals surface area contributed by atoms with Crippen molar-refractivity contribution in [3.05, 3.63) is 119 Å². The second kappa shape index (κ2) is 8.90. The summed E-state index contributed by atoms with van der Waals surface area (Å²) < 4.78 is 26.8. The van der Waals surface area contributed by atoms with E-state index in [1.54, 1.807) is 12.1 Å². The van der Waals surface area contributed by atoms with Crippen molar-refractivity contribution in [1.82, 2.24) is 4.90 Å². The number of anilines is 1. The molecule has 0 spiro atoms. The predicted octanol–water partition coefficient (Wildman–Crippen LogP) is 5.55. The molecule has 2 amide bonds. The molecule has 4 aromatic carbocycles. The van der Waals surface area contributed by atoms with Gasteiger partial charge in [0.2, 0.25) is 0 Å². The van der Waals surface area contributed by atoms with Gasteiger partial charge in [0.1, 0.15) is 17.3 Å². The summed E-state index contributed by atoms with van der Waals surface area (Å²) in [6, 6.07) is 24.9. The fourth-order valence-corrected chi connectivity index (χ4v) is 4.14. The Kier molecular flexibility index (Phi) is 5.64. The fourth-order valence-electron chi connectivity index (χ4n) is 4.14. The summed E-state index contributed by atoms with van der Waals surface area (Å²) in [5.41, 5.74) is 2.28. The zero-order chi connectivity index (χ0) is 23.7. The highest BCUT2D eigenvalue weighted by Gasteiger charge is 2.39. The number of imide groups is 1. The van der Waals surface area contributed by atoms with E-state index in [0.717, 1.165) is 16.3 Å². The van der Waals surface area contributed by atoms with Crippen LogP contribution in [-0.2, 0) is 16.0 Å². The molecule has 0 saturated heterocycles. The number of nitrogens with one attached hydrogen (secondary N) is 1. The minimum Gasteiger partial charge on any atom is -0.350 e. The van der Waals surface area contributed by atoms with Gasteiger partial charge >= 0.3 is 0 Å². The first-order valence-electron chi connectivity index (χ1n) is 10.9. The molecule has 168 valence electrons. The Balaban J connectivity index is 1.52. The average Bonchev–Trinajstić information content (AvgIpc) is 3.08. The van der Waals surface area contributed by atoms with E-state index >= 15 is 0 Å². The number of hydrogen-bond acceptors (Lipinski definition) is 3. The van der Waals surface area contributed by atoms with E-state index in [-0.39, 0.29) is 23.6 Å². The third kappa shape index (κ3) is 4.06. The minimum absolute atomic E-state index is 0.134. The molecule has 0 aromatic heterocycles. The molecule has 0 saturated carbocycles. The lowest BCUT2D eigenvalue weighted by Crippen LogP contribution is -2.34. The molecular weight excluding hydrogens is 434 g/mol. The number of carbonyl (C=O) groups excluding carboxylic acids is 2. The summed E-state index contributed by atoms with van der Waals surface area (Å²) >= 11 is 0. The van der Waals surface area contributed by atoms with E-state index in [2.05, 4.69) is 5.32 Å². The number of rotatable bonds is 6. The van der Waals surface area contributed by atoms with Gasteiger partial charge in [-0.15, -0.1) is 0 Å². The molecular formula is C28H20F2N2O2. The number of nitrogens with zero attached hydrogens (tertiary/aromatic N) is 1. The smallest absolute Gasteiger partial charge is 0.278 e. The van der Waals surface area contributed by atoms with Crippen molar-refractivity contribution in [3.63, 3.8) is 0 Å². The number of hydrogen-bond donors (Lipinski definition) is 1. The monoisotopic (exact) mass is 454 g/mol. The first-order chi connectivity index (χ1) is 16.5. The van der Waals surface area contributed by atoms with E-state index in [4.69, 9.17) is 0 Å². The Bertz CT molecular complexity index is 1420. The SMILES string of the molecule is O=C1C(Nc2cccc3ccccc23)=C(c2ccc(F)cc2)C(=O)N1CCc1ccc(F)cc1. The van der Waals surface area contributed by atoms with Crippen LogP contribution in [0.5, 0.6) is 0 Å². The molecule has 0 atom stereocenters. The Hall–Kier alpha value is -4.32. The second-order valence-corrected chi connectivity index (χ2v) is 8.05. The van der Waals surface area contributed by atoms with Crippen LogP contribution < -0.4 is 5.32 Å². The van der Waals surface area contributed by atoms with Crippen molar-refractivity contribution in [1.29, 1.82) is 0 Å². The summed E-state index contributed by atoms with van der Waals surface area (Å²) in [4.78, 5) is 28.0. The van der Waals surface area contributed by atoms with E-state index in [0.29, 0.717) is 17.7 Å². The number of benzene rings is 4. The first kappa shape index (κ1) is 21.5. The van der Waals surface area contributed by atoms with Gasteiger partial charge in [-0.05, 0) is 53.3 Å². The van der Waals surface area contributed by atoms with Crippen molar-refractivity contribution in [2.24, 2.45) is 0 Å². The molecule has 0 fully saturated rings. The standard InChI is InChI=1S/C28H20F2N2O2/c29-21-12-8-18(9-13-21)16-17-32-27(33)25(20-10-14-22(30)15-11-20)26(28(32)34)31-24-7-3-5-19-4-1-2-6-23(19)24/h1-15,31H,16-17H2. The highest BCUT2D eigenvalue weighted by molar-refractivity contribution is 6.36. The summed E-state index contributed by atoms with van der Waals surface area (Å²) in [7, 11) is 0. The van der Waals surface area contributed by atoms with E-state index < -0.39 is 17.6 Å². The fraction of sp³-hybridized carbons (Fsp3) is 0.0714. The summed E-state index contributed by atoms with van der Waals surface area (Å²) in [6.45, 7) is 0.134. The molecule has 1 N–H and O–H groups in total. The van der Waals surface area contributed by atoms with E-state index in [1.165, 1.54) is 41.3 Å². The molecule has 5 rings (SSSR count). The van der Waals surface area contributed by atoms with Crippen LogP contribution in [0, 0.1) is 11.6 Å². The molecule has 34 heavy (non-hydrogen) atoms. The minimum atomic E-state index is -0.459. The highest BCUT2D eigenvalue weighted by Crippen LogP contribution is 2.33. The quantitative estimate of drug-likeness (QED) is 0.389. The van der Waals surface area contributed by atoms with E-state index in [9.17, 15) is 18.4 Å². The Morgan fingerprint density at radius 2 is 1.35 bits per heavy atom. The highest BCUT2D eigenvalue weighted by atomic mass is 19.1. The lowest BCUT2D eigenvalue weighted by molar-refractivity contribution is -0.136. The maximum atomic E-state index is 13.6. The van der Waals surface area contributed by atoms with Crippen LogP contribution >= 0.6 is 0 Å². The summed E-state index contributed by atoms with van der Waals surface area (Å²) in [5.74, 6) is -1.70. The Morgan fingerprint density at radius 1 is 0.706 bits per heavy atom. The van der Waals surface area contributed by atoms with Crippen molar-refractivity contribution < 1.29 is 18.4 Å². The average molecular weight is 454 g/mol. The lowest BCUT2D eigenvalue weighted by Gasteiger charge is -2.16. The topological polar surface area (TPSA) is 49.4 Å². The van der Waals surface area contributed by atoms with Gasteiger partial charge in [-0.1, -0.05) is 60.7 Å². The molecule has 0 aliphatic carbocycles. The van der Waals surface area contributed by atoms with Crippen LogP contribution in [0.2, 0.25) is 0 Å². The maximum Gasteiger partial charge on any atom is 0.278 e. The molecule has 0 radical (unpaired) electrons. The largest absolute Gasteiger partial charge is 0.350 e. The molecule has 1 heterocycles. The maximum absolute atomic E-state index is 13.6. The van der Waals surface area contributed by atoms with Crippen molar-refractivity contribution >= 4 is 33.8 Å². The molecule has 1 aliphatic rings. The zero-order valence-electron chi connectivity index (χ0n) is 18.1. The Labute approximate surface area is 195 Å². The van der Waals surface area contributed by atoms with Crippen LogP contribution in [-0.4, -0.2) is 23.3 Å². The zero-order valence-corrected chi connectivity index (χ0v) is 18.1. The number of fused-ring (bicyclic) bond motifs is 1. The third-order valence-electron chi connectivity index (χ3n) is 5.89. The summed E-state index contributed by atoms with van der Waals surface area (Å²) in [6.07, 6.45) is 0.385. The second-order valence-electron chi connectivity index (χ2n) is 8.05. The van der Waals surface area contributed by atoms with E-state index in [1.807, 2.05) is 42.5 Å². The molecule has 1 aliphatic heterocycles. The van der Waals surface area contributed by atoms with Crippen LogP contribution in [0.3, 0.4) is 0 Å². The molecule has 0 bridgehead atoms. The van der Waals surface area contributed by atoms with Gasteiger partial charge in [-0.25, -0.2) is 8.78 Å². The van der Waals surface area contributed by atoms with Gasteiger partial charge in [-0.3, -0.25) is 14.5 Å². The lowest BCUT2D eigenvalue weighted by atomic mass is 10.0. The van der Waals surface area contributed by atoms with Gasteiger partial charge in [-0.2, -0.15) is 0 Å². The molecule has 6 heteroatoms. The summed E-state index contributed by atoms with van der Waals surface area (Å²) in [5, 5.41) is 5.08. The first-order valence-corrected chi connectivity index (χ1v) is 10.9. The molecule has 4 nitrogen and oxygen atoms in total. The normalized spacial score (nSPS) is 13.8. The number of carbonyl (C=O) groups is 2. The van der Waals surface area contributed by atoms with Gasteiger partial charge < -0.3 is 5.32 Å². The van der Waals surface area contributed by atoms with Crippen LogP contribution in [0.4, 0.5) is 14.5 Å². The third-order valence-corrected chi connectivity index (χ3v) is 5.89. The number of halogens is 2. The number of amides is 2. The molecule has 4 aromatic rings. The van der Waals surface area contributed by atoms with Gasteiger partial charge in [0, 0.05) is 17.6 Å². The van der Waals surface area contributed by atoms with Crippen LogP contribution in [0.25, 0.3) is 16.3 Å². The van der Waals surface area contributed by atoms with Crippen molar-refractivity contribution in [2.75, 3.05) is 11.9 Å². The van der Waals surface area contributed by atoms with Gasteiger partial charge in [0.05, 0.1) is 5.57 Å². The van der Waals surface area contributed by atoms with Gasteiger partial charge in [0.15, 0.2) is 0 Å². The van der Waals surface area contributed by atoms with Crippen LogP contribution in [0.1, 0.15) is 11.1 Å². The molecule has 0 unspecified atom stereocenters. The van der Waals surface area contributed by atoms with Crippen LogP contribution in [0.15, 0.2) is 96.7 Å². The van der Waals surface area contributed by atoms with Gasteiger partial charge in [0.25, 0.3) is 11.8 Å². The Morgan fingerprint density at radius 3 is 2.09 bits per heavy atom. The van der Waals surface area contributed by atoms with Crippen molar-refractivity contribution in [3.8, 4) is 0 Å². The van der Waals surface area contributed by atoms with Crippen molar-refractivity contribution in [2.45, 2.75) is 6.42 Å². The predicted molar refractivity (Wildman–Crippen MR) is 128 cm³/mol.